The average Bonchev–Trinajstić information content (AvgIpc) is 2.66. The van der Waals surface area contributed by atoms with Gasteiger partial charge in [0.05, 0.1) is 4.92 Å². The third-order valence-corrected chi connectivity index (χ3v) is 3.69. The lowest BCUT2D eigenvalue weighted by atomic mass is 10.1. The lowest BCUT2D eigenvalue weighted by molar-refractivity contribution is -0.384. The van der Waals surface area contributed by atoms with Crippen molar-refractivity contribution < 1.29 is 24.0 Å². The molecule has 0 bridgehead atoms. The van der Waals surface area contributed by atoms with Gasteiger partial charge in [0.2, 0.25) is 0 Å². The number of ether oxygens (including phenoxy) is 1. The lowest BCUT2D eigenvalue weighted by Crippen LogP contribution is -2.40. The molecule has 2 rings (SSSR count). The van der Waals surface area contributed by atoms with E-state index < -0.39 is 35.4 Å². The van der Waals surface area contributed by atoms with Gasteiger partial charge in [-0.2, -0.15) is 0 Å². The Labute approximate surface area is 160 Å². The Hall–Kier alpha value is -3.75. The van der Waals surface area contributed by atoms with Crippen molar-refractivity contribution in [3.63, 3.8) is 0 Å². The van der Waals surface area contributed by atoms with E-state index in [1.807, 2.05) is 13.0 Å². The smallest absolute Gasteiger partial charge is 0.328 e. The van der Waals surface area contributed by atoms with E-state index in [0.717, 1.165) is 5.56 Å². The molecule has 0 spiro atoms. The molecule has 9 heteroatoms. The number of anilines is 1. The summed E-state index contributed by atoms with van der Waals surface area (Å²) in [5.41, 5.74) is 1.54. The van der Waals surface area contributed by atoms with Crippen molar-refractivity contribution in [2.24, 2.45) is 0 Å². The van der Waals surface area contributed by atoms with Crippen LogP contribution in [0.2, 0.25) is 0 Å². The monoisotopic (exact) mass is 385 g/mol. The van der Waals surface area contributed by atoms with Gasteiger partial charge >= 0.3 is 5.97 Å². The Balaban J connectivity index is 1.81. The molecule has 2 N–H and O–H groups in total. The van der Waals surface area contributed by atoms with E-state index >= 15 is 0 Å². The fourth-order valence-electron chi connectivity index (χ4n) is 2.25. The number of nitro benzene ring substituents is 1. The number of nitrogens with zero attached hydrogens (tertiary/aromatic N) is 1. The van der Waals surface area contributed by atoms with Crippen LogP contribution >= 0.6 is 0 Å². The van der Waals surface area contributed by atoms with Crippen molar-refractivity contribution >= 4 is 29.2 Å². The molecule has 0 heterocycles. The highest BCUT2D eigenvalue weighted by atomic mass is 16.6. The van der Waals surface area contributed by atoms with Crippen LogP contribution in [0, 0.1) is 17.0 Å². The number of hydrogen-bond acceptors (Lipinski definition) is 6. The first kappa shape index (κ1) is 20.6. The van der Waals surface area contributed by atoms with Crippen molar-refractivity contribution in [2.75, 3.05) is 11.9 Å². The van der Waals surface area contributed by atoms with E-state index in [0.29, 0.717) is 11.3 Å². The van der Waals surface area contributed by atoms with Gasteiger partial charge in [-0.3, -0.25) is 19.7 Å². The first-order chi connectivity index (χ1) is 13.3. The molecule has 2 aromatic rings. The number of non-ortho nitro benzene ring substituents is 1. The van der Waals surface area contributed by atoms with Crippen LogP contribution in [0.1, 0.15) is 22.8 Å². The van der Waals surface area contributed by atoms with Gasteiger partial charge in [0.25, 0.3) is 17.5 Å². The van der Waals surface area contributed by atoms with Crippen LogP contribution in [0.3, 0.4) is 0 Å². The molecule has 0 aliphatic rings. The number of nitro groups is 1. The van der Waals surface area contributed by atoms with E-state index in [9.17, 15) is 24.5 Å². The minimum atomic E-state index is -0.944. The number of esters is 1. The molecule has 2 amide bonds. The summed E-state index contributed by atoms with van der Waals surface area (Å²) in [6.45, 7) is 2.74. The normalized spacial score (nSPS) is 11.2. The summed E-state index contributed by atoms with van der Waals surface area (Å²) >= 11 is 0. The van der Waals surface area contributed by atoms with Crippen LogP contribution < -0.4 is 10.6 Å². The molecule has 0 aliphatic carbocycles. The largest absolute Gasteiger partial charge is 0.454 e. The number of amides is 2. The maximum absolute atomic E-state index is 12.1. The van der Waals surface area contributed by atoms with Gasteiger partial charge in [0.1, 0.15) is 6.04 Å². The molecular formula is C19H19N3O6. The van der Waals surface area contributed by atoms with E-state index in [4.69, 9.17) is 4.74 Å². The molecule has 9 nitrogen and oxygen atoms in total. The Morgan fingerprint density at radius 3 is 2.43 bits per heavy atom. The third-order valence-electron chi connectivity index (χ3n) is 3.69. The van der Waals surface area contributed by atoms with Crippen molar-refractivity contribution in [3.8, 4) is 0 Å². The summed E-state index contributed by atoms with van der Waals surface area (Å²) in [7, 11) is 0. The number of benzene rings is 2. The highest BCUT2D eigenvalue weighted by molar-refractivity contribution is 5.97. The van der Waals surface area contributed by atoms with Gasteiger partial charge < -0.3 is 15.4 Å². The Kier molecular flexibility index (Phi) is 6.80. The standard InChI is InChI=1S/C19H19N3O6/c1-12-4-3-5-14(10-12)18(24)20-13(2)19(25)28-11-17(23)21-15-6-8-16(9-7-15)22(26)27/h3-10,13H,11H2,1-2H3,(H,20,24)(H,21,23)/t13-/m0/s1. The van der Waals surface area contributed by atoms with Gasteiger partial charge in [-0.1, -0.05) is 17.7 Å². The van der Waals surface area contributed by atoms with Gasteiger partial charge in [0.15, 0.2) is 6.61 Å². The summed E-state index contributed by atoms with van der Waals surface area (Å²) in [6, 6.07) is 11.1. The summed E-state index contributed by atoms with van der Waals surface area (Å²) < 4.78 is 4.89. The SMILES string of the molecule is Cc1cccc(C(=O)N[C@@H](C)C(=O)OCC(=O)Nc2ccc([N+](=O)[O-])cc2)c1. The van der Waals surface area contributed by atoms with Gasteiger partial charge in [-0.15, -0.1) is 0 Å². The molecular weight excluding hydrogens is 366 g/mol. The summed E-state index contributed by atoms with van der Waals surface area (Å²) in [5, 5.41) is 15.5. The fourth-order valence-corrected chi connectivity index (χ4v) is 2.25. The fraction of sp³-hybridized carbons (Fsp3) is 0.211. The van der Waals surface area contributed by atoms with Gasteiger partial charge in [-0.25, -0.2) is 4.79 Å². The molecule has 28 heavy (non-hydrogen) atoms. The quantitative estimate of drug-likeness (QED) is 0.427. The van der Waals surface area contributed by atoms with Gasteiger partial charge in [0, 0.05) is 23.4 Å². The molecule has 0 aromatic heterocycles. The van der Waals surface area contributed by atoms with E-state index in [1.54, 1.807) is 18.2 Å². The zero-order valence-electron chi connectivity index (χ0n) is 15.3. The minimum absolute atomic E-state index is 0.109. The first-order valence-corrected chi connectivity index (χ1v) is 8.34. The summed E-state index contributed by atoms with van der Waals surface area (Å²) in [6.07, 6.45) is 0. The van der Waals surface area contributed by atoms with Crippen molar-refractivity contribution in [1.82, 2.24) is 5.32 Å². The summed E-state index contributed by atoms with van der Waals surface area (Å²) in [5.74, 6) is -1.80. The van der Waals surface area contributed by atoms with Crippen LogP contribution in [0.5, 0.6) is 0 Å². The molecule has 0 unspecified atom stereocenters. The summed E-state index contributed by atoms with van der Waals surface area (Å²) in [4.78, 5) is 45.9. The molecule has 0 aliphatic heterocycles. The predicted molar refractivity (Wildman–Crippen MR) is 101 cm³/mol. The number of carbonyl (C=O) groups is 3. The highest BCUT2D eigenvalue weighted by Crippen LogP contribution is 2.15. The Bertz CT molecular complexity index is 895. The zero-order chi connectivity index (χ0) is 20.7. The number of hydrogen-bond donors (Lipinski definition) is 2. The maximum atomic E-state index is 12.1. The second kappa shape index (κ2) is 9.26. The van der Waals surface area contributed by atoms with Crippen LogP contribution in [0.15, 0.2) is 48.5 Å². The van der Waals surface area contributed by atoms with Crippen LogP contribution in [-0.2, 0) is 14.3 Å². The zero-order valence-corrected chi connectivity index (χ0v) is 15.3. The van der Waals surface area contributed by atoms with E-state index in [-0.39, 0.29) is 5.69 Å². The van der Waals surface area contributed by atoms with E-state index in [1.165, 1.54) is 31.2 Å². The van der Waals surface area contributed by atoms with E-state index in [2.05, 4.69) is 10.6 Å². The molecule has 0 radical (unpaired) electrons. The van der Waals surface area contributed by atoms with Crippen LogP contribution in [0.4, 0.5) is 11.4 Å². The van der Waals surface area contributed by atoms with Crippen LogP contribution in [-0.4, -0.2) is 35.4 Å². The second-order valence-corrected chi connectivity index (χ2v) is 6.02. The third kappa shape index (κ3) is 5.90. The van der Waals surface area contributed by atoms with Crippen molar-refractivity contribution in [1.29, 1.82) is 0 Å². The van der Waals surface area contributed by atoms with Crippen molar-refractivity contribution in [2.45, 2.75) is 19.9 Å². The highest BCUT2D eigenvalue weighted by Gasteiger charge is 2.19. The molecule has 0 fully saturated rings. The Morgan fingerprint density at radius 2 is 1.82 bits per heavy atom. The maximum Gasteiger partial charge on any atom is 0.328 e. The minimum Gasteiger partial charge on any atom is -0.454 e. The molecule has 1 atom stereocenters. The molecule has 146 valence electrons. The topological polar surface area (TPSA) is 128 Å². The molecule has 0 saturated carbocycles. The second-order valence-electron chi connectivity index (χ2n) is 6.02. The molecule has 2 aromatic carbocycles. The average molecular weight is 385 g/mol. The predicted octanol–water partition coefficient (Wildman–Crippen LogP) is 2.20. The first-order valence-electron chi connectivity index (χ1n) is 8.34. The Morgan fingerprint density at radius 1 is 1.14 bits per heavy atom. The van der Waals surface area contributed by atoms with Crippen molar-refractivity contribution in [3.05, 3.63) is 69.8 Å². The molecule has 0 saturated heterocycles. The van der Waals surface area contributed by atoms with Gasteiger partial charge in [-0.05, 0) is 38.1 Å². The number of carbonyl (C=O) groups excluding carboxylic acids is 3. The lowest BCUT2D eigenvalue weighted by Gasteiger charge is -2.13. The number of aryl methyl sites for hydroxylation is 1. The number of rotatable bonds is 7. The van der Waals surface area contributed by atoms with Crippen LogP contribution in [0.25, 0.3) is 0 Å². The number of nitrogens with one attached hydrogen (secondary N) is 2.